The van der Waals surface area contributed by atoms with Crippen LogP contribution in [-0.2, 0) is 0 Å². The van der Waals surface area contributed by atoms with Crippen molar-refractivity contribution in [3.05, 3.63) is 59.4 Å². The number of amides is 1. The van der Waals surface area contributed by atoms with Crippen LogP contribution in [0.3, 0.4) is 0 Å². The molecule has 2 rings (SSSR count). The highest BCUT2D eigenvalue weighted by molar-refractivity contribution is 5.95. The fourth-order valence-corrected chi connectivity index (χ4v) is 2.47. The molecule has 0 aliphatic carbocycles. The maximum absolute atomic E-state index is 13.1. The summed E-state index contributed by atoms with van der Waals surface area (Å²) in [6.07, 6.45) is 0. The third-order valence-corrected chi connectivity index (χ3v) is 3.80. The number of methoxy groups -OCH3 is 2. The van der Waals surface area contributed by atoms with Crippen molar-refractivity contribution in [2.24, 2.45) is 5.92 Å². The van der Waals surface area contributed by atoms with Crippen LogP contribution in [-0.4, -0.2) is 20.1 Å². The van der Waals surface area contributed by atoms with E-state index in [1.54, 1.807) is 30.3 Å². The van der Waals surface area contributed by atoms with Gasteiger partial charge in [-0.15, -0.1) is 0 Å². The van der Waals surface area contributed by atoms with E-state index in [-0.39, 0.29) is 23.7 Å². The first-order valence-electron chi connectivity index (χ1n) is 7.74. The molecular formula is C19H22FNO3. The van der Waals surface area contributed by atoms with Gasteiger partial charge in [0.05, 0.1) is 20.3 Å². The Kier molecular flexibility index (Phi) is 5.79. The van der Waals surface area contributed by atoms with Crippen LogP contribution in [0.5, 0.6) is 11.5 Å². The minimum Gasteiger partial charge on any atom is -0.497 e. The fourth-order valence-electron chi connectivity index (χ4n) is 2.47. The van der Waals surface area contributed by atoms with Crippen LogP contribution >= 0.6 is 0 Å². The van der Waals surface area contributed by atoms with Gasteiger partial charge in [0.25, 0.3) is 5.91 Å². The third-order valence-electron chi connectivity index (χ3n) is 3.80. The van der Waals surface area contributed by atoms with E-state index in [0.717, 1.165) is 5.56 Å². The maximum Gasteiger partial charge on any atom is 0.252 e. The summed E-state index contributed by atoms with van der Waals surface area (Å²) in [7, 11) is 3.07. The highest BCUT2D eigenvalue weighted by Gasteiger charge is 2.20. The molecule has 1 unspecified atom stereocenters. The lowest BCUT2D eigenvalue weighted by Crippen LogP contribution is -2.31. The highest BCUT2D eigenvalue weighted by atomic mass is 19.1. The van der Waals surface area contributed by atoms with E-state index in [0.29, 0.717) is 17.1 Å². The molecule has 5 heteroatoms. The van der Waals surface area contributed by atoms with Crippen molar-refractivity contribution < 1.29 is 18.7 Å². The van der Waals surface area contributed by atoms with Crippen LogP contribution in [0.2, 0.25) is 0 Å². The van der Waals surface area contributed by atoms with Crippen molar-refractivity contribution in [1.29, 1.82) is 0 Å². The van der Waals surface area contributed by atoms with Crippen molar-refractivity contribution in [2.75, 3.05) is 14.2 Å². The van der Waals surface area contributed by atoms with Crippen LogP contribution in [0.4, 0.5) is 4.39 Å². The number of carbonyl (C=O) groups is 1. The molecule has 128 valence electrons. The van der Waals surface area contributed by atoms with Crippen LogP contribution in [0.1, 0.15) is 35.8 Å². The predicted molar refractivity (Wildman–Crippen MR) is 91.0 cm³/mol. The number of carbonyl (C=O) groups excluding carboxylic acids is 1. The van der Waals surface area contributed by atoms with Gasteiger partial charge in [-0.3, -0.25) is 4.79 Å². The highest BCUT2D eigenvalue weighted by Crippen LogP contribution is 2.25. The van der Waals surface area contributed by atoms with E-state index in [1.165, 1.54) is 26.4 Å². The molecule has 24 heavy (non-hydrogen) atoms. The first-order valence-corrected chi connectivity index (χ1v) is 7.74. The molecule has 0 aromatic heterocycles. The number of hydrogen-bond donors (Lipinski definition) is 1. The van der Waals surface area contributed by atoms with Crippen molar-refractivity contribution in [3.8, 4) is 11.5 Å². The molecule has 0 saturated heterocycles. The largest absolute Gasteiger partial charge is 0.497 e. The third kappa shape index (κ3) is 4.25. The van der Waals surface area contributed by atoms with Gasteiger partial charge in [0, 0.05) is 11.6 Å². The Labute approximate surface area is 141 Å². The summed E-state index contributed by atoms with van der Waals surface area (Å²) in [5.41, 5.74) is 1.30. The first kappa shape index (κ1) is 17.8. The van der Waals surface area contributed by atoms with Crippen LogP contribution in [0.25, 0.3) is 0 Å². The molecule has 0 fully saturated rings. The summed E-state index contributed by atoms with van der Waals surface area (Å²) in [5, 5.41) is 3.00. The second-order valence-corrected chi connectivity index (χ2v) is 5.85. The minimum absolute atomic E-state index is 0.145. The van der Waals surface area contributed by atoms with E-state index >= 15 is 0 Å². The zero-order chi connectivity index (χ0) is 17.7. The molecular weight excluding hydrogens is 309 g/mol. The second kappa shape index (κ2) is 7.81. The summed E-state index contributed by atoms with van der Waals surface area (Å²) in [5.74, 6) is 0.692. The van der Waals surface area contributed by atoms with Gasteiger partial charge in [-0.2, -0.15) is 0 Å². The summed E-state index contributed by atoms with van der Waals surface area (Å²) >= 11 is 0. The Balaban J connectivity index is 2.26. The summed E-state index contributed by atoms with van der Waals surface area (Å²) in [6, 6.07) is 10.9. The summed E-state index contributed by atoms with van der Waals surface area (Å²) < 4.78 is 23.5. The van der Waals surface area contributed by atoms with E-state index in [9.17, 15) is 9.18 Å². The van der Waals surface area contributed by atoms with E-state index < -0.39 is 0 Å². The topological polar surface area (TPSA) is 47.6 Å². The van der Waals surface area contributed by atoms with Crippen molar-refractivity contribution >= 4 is 5.91 Å². The molecule has 0 bridgehead atoms. The Hall–Kier alpha value is -2.56. The molecule has 0 spiro atoms. The van der Waals surface area contributed by atoms with Crippen molar-refractivity contribution in [1.82, 2.24) is 5.32 Å². The van der Waals surface area contributed by atoms with Gasteiger partial charge in [0.1, 0.15) is 17.3 Å². The number of benzene rings is 2. The standard InChI is InChI=1S/C19H22FNO3/c1-12(2)18(13-5-7-15(20)8-6-13)21-19(22)14-9-16(23-3)11-17(10-14)24-4/h5-12,18H,1-4H3,(H,21,22). The van der Waals surface area contributed by atoms with Crippen LogP contribution in [0.15, 0.2) is 42.5 Å². The van der Waals surface area contributed by atoms with E-state index in [2.05, 4.69) is 5.32 Å². The number of rotatable bonds is 6. The molecule has 0 aliphatic rings. The molecule has 0 heterocycles. The van der Waals surface area contributed by atoms with Gasteiger partial charge in [-0.1, -0.05) is 26.0 Å². The van der Waals surface area contributed by atoms with Crippen LogP contribution in [0, 0.1) is 11.7 Å². The maximum atomic E-state index is 13.1. The van der Waals surface area contributed by atoms with Gasteiger partial charge in [0.2, 0.25) is 0 Å². The number of nitrogens with one attached hydrogen (secondary N) is 1. The number of ether oxygens (including phenoxy) is 2. The monoisotopic (exact) mass is 331 g/mol. The van der Waals surface area contributed by atoms with Gasteiger partial charge in [0.15, 0.2) is 0 Å². The van der Waals surface area contributed by atoms with Crippen LogP contribution < -0.4 is 14.8 Å². The average molecular weight is 331 g/mol. The lowest BCUT2D eigenvalue weighted by atomic mass is 9.95. The van der Waals surface area contributed by atoms with Gasteiger partial charge < -0.3 is 14.8 Å². The first-order chi connectivity index (χ1) is 11.4. The Morgan fingerprint density at radius 2 is 1.54 bits per heavy atom. The Bertz CT molecular complexity index is 676. The van der Waals surface area contributed by atoms with Crippen molar-refractivity contribution in [3.63, 3.8) is 0 Å². The molecule has 0 radical (unpaired) electrons. The molecule has 4 nitrogen and oxygen atoms in total. The molecule has 1 N–H and O–H groups in total. The Morgan fingerprint density at radius 1 is 1.00 bits per heavy atom. The van der Waals surface area contributed by atoms with Crippen molar-refractivity contribution in [2.45, 2.75) is 19.9 Å². The lowest BCUT2D eigenvalue weighted by molar-refractivity contribution is 0.0925. The molecule has 1 atom stereocenters. The second-order valence-electron chi connectivity index (χ2n) is 5.85. The van der Waals surface area contributed by atoms with Gasteiger partial charge in [-0.25, -0.2) is 4.39 Å². The average Bonchev–Trinajstić information content (AvgIpc) is 2.59. The zero-order valence-electron chi connectivity index (χ0n) is 14.3. The smallest absolute Gasteiger partial charge is 0.252 e. The molecule has 2 aromatic carbocycles. The zero-order valence-corrected chi connectivity index (χ0v) is 14.3. The van der Waals surface area contributed by atoms with E-state index in [1.807, 2.05) is 13.8 Å². The van der Waals surface area contributed by atoms with Gasteiger partial charge in [-0.05, 0) is 35.7 Å². The van der Waals surface area contributed by atoms with Gasteiger partial charge >= 0.3 is 0 Å². The van der Waals surface area contributed by atoms with E-state index in [4.69, 9.17) is 9.47 Å². The molecule has 0 saturated carbocycles. The number of halogens is 1. The lowest BCUT2D eigenvalue weighted by Gasteiger charge is -2.23. The summed E-state index contributed by atoms with van der Waals surface area (Å²) in [4.78, 5) is 12.6. The Morgan fingerprint density at radius 3 is 2.00 bits per heavy atom. The number of hydrogen-bond acceptors (Lipinski definition) is 3. The fraction of sp³-hybridized carbons (Fsp3) is 0.316. The minimum atomic E-state index is -0.301. The summed E-state index contributed by atoms with van der Waals surface area (Å²) in [6.45, 7) is 4.00. The molecule has 1 amide bonds. The quantitative estimate of drug-likeness (QED) is 0.871. The SMILES string of the molecule is COc1cc(OC)cc(C(=O)NC(c2ccc(F)cc2)C(C)C)c1. The molecule has 2 aromatic rings. The predicted octanol–water partition coefficient (Wildman–Crippen LogP) is 3.97. The molecule has 0 aliphatic heterocycles. The normalized spacial score (nSPS) is 11.9.